The van der Waals surface area contributed by atoms with Crippen LogP contribution in [0.3, 0.4) is 0 Å². The minimum Gasteiger partial charge on any atom is -0.463 e. The van der Waals surface area contributed by atoms with Gasteiger partial charge in [0.1, 0.15) is 5.69 Å². The van der Waals surface area contributed by atoms with E-state index in [1.807, 2.05) is 30.3 Å². The molecule has 5 rings (SSSR count). The third kappa shape index (κ3) is 5.46. The van der Waals surface area contributed by atoms with Crippen LogP contribution in [0.4, 0.5) is 10.7 Å². The fourth-order valence-electron chi connectivity index (χ4n) is 4.10. The number of hydrogen-bond acceptors (Lipinski definition) is 9. The molecule has 1 atom stereocenters. The molecule has 5 heterocycles. The Morgan fingerprint density at radius 2 is 2.09 bits per heavy atom. The second-order valence-corrected chi connectivity index (χ2v) is 9.36. The normalized spacial score (nSPS) is 20.1. The standard InChI is InChI=1S/C24H26N6O3S/c31-22-21(34-24(32)29-22)13-17-6-9-26-23(28-17)30-10-7-16(8-11-30)14-25-15-18-3-1-4-19(27-18)20-5-2-12-33-20/h1-6,9,12-13,16,22,25,31H,7-8,10-11,14-15H2,(H,29,32). The van der Waals surface area contributed by atoms with E-state index < -0.39 is 6.23 Å². The highest BCUT2D eigenvalue weighted by Gasteiger charge is 2.26. The van der Waals surface area contributed by atoms with Gasteiger partial charge in [-0.1, -0.05) is 6.07 Å². The summed E-state index contributed by atoms with van der Waals surface area (Å²) in [6, 6.07) is 11.5. The molecule has 1 amide bonds. The molecule has 0 aromatic carbocycles. The number of piperidine rings is 1. The lowest BCUT2D eigenvalue weighted by atomic mass is 9.97. The molecule has 34 heavy (non-hydrogen) atoms. The molecule has 3 N–H and O–H groups in total. The molecule has 3 aromatic rings. The molecule has 9 nitrogen and oxygen atoms in total. The Labute approximate surface area is 201 Å². The Bertz CT molecular complexity index is 1160. The lowest BCUT2D eigenvalue weighted by Crippen LogP contribution is -2.38. The fourth-order valence-corrected chi connectivity index (χ4v) is 4.84. The molecule has 2 aliphatic heterocycles. The van der Waals surface area contributed by atoms with Crippen molar-refractivity contribution in [1.29, 1.82) is 0 Å². The van der Waals surface area contributed by atoms with E-state index in [2.05, 4.69) is 30.5 Å². The largest absolute Gasteiger partial charge is 0.463 e. The van der Waals surface area contributed by atoms with Gasteiger partial charge in [-0.05, 0) is 73.5 Å². The van der Waals surface area contributed by atoms with Gasteiger partial charge in [0.05, 0.1) is 17.7 Å². The van der Waals surface area contributed by atoms with Gasteiger partial charge in [-0.15, -0.1) is 0 Å². The first-order valence-corrected chi connectivity index (χ1v) is 12.1. The summed E-state index contributed by atoms with van der Waals surface area (Å²) in [4.78, 5) is 27.9. The number of aromatic nitrogens is 3. The summed E-state index contributed by atoms with van der Waals surface area (Å²) in [5.74, 6) is 2.04. The number of aliphatic hydroxyl groups is 1. The fraction of sp³-hybridized carbons (Fsp3) is 0.333. The van der Waals surface area contributed by atoms with E-state index in [9.17, 15) is 9.90 Å². The Morgan fingerprint density at radius 1 is 1.21 bits per heavy atom. The molecular weight excluding hydrogens is 452 g/mol. The van der Waals surface area contributed by atoms with Gasteiger partial charge in [-0.2, -0.15) is 0 Å². The highest BCUT2D eigenvalue weighted by atomic mass is 32.2. The van der Waals surface area contributed by atoms with Crippen molar-refractivity contribution in [2.45, 2.75) is 25.6 Å². The molecule has 0 spiro atoms. The average molecular weight is 479 g/mol. The van der Waals surface area contributed by atoms with Crippen molar-refractivity contribution >= 4 is 29.0 Å². The summed E-state index contributed by atoms with van der Waals surface area (Å²) < 4.78 is 5.44. The van der Waals surface area contributed by atoms with Crippen LogP contribution < -0.4 is 15.5 Å². The van der Waals surface area contributed by atoms with Gasteiger partial charge in [0.25, 0.3) is 5.24 Å². The number of pyridine rings is 1. The maximum atomic E-state index is 11.4. The third-order valence-electron chi connectivity index (χ3n) is 5.91. The number of nitrogens with one attached hydrogen (secondary N) is 2. The molecular formula is C24H26N6O3S. The van der Waals surface area contributed by atoms with Gasteiger partial charge >= 0.3 is 0 Å². The van der Waals surface area contributed by atoms with Crippen LogP contribution in [0.25, 0.3) is 17.5 Å². The second-order valence-electron chi connectivity index (χ2n) is 8.32. The van der Waals surface area contributed by atoms with Gasteiger partial charge in [-0.25, -0.2) is 15.0 Å². The molecule has 2 fully saturated rings. The van der Waals surface area contributed by atoms with E-state index in [0.29, 0.717) is 22.5 Å². The van der Waals surface area contributed by atoms with Crippen LogP contribution in [0.15, 0.2) is 58.2 Å². The molecule has 1 unspecified atom stereocenters. The minimum atomic E-state index is -0.970. The zero-order valence-electron chi connectivity index (χ0n) is 18.6. The van der Waals surface area contributed by atoms with Crippen LogP contribution in [-0.2, 0) is 6.54 Å². The Balaban J connectivity index is 1.11. The lowest BCUT2D eigenvalue weighted by molar-refractivity contribution is 0.192. The first kappa shape index (κ1) is 22.6. The first-order chi connectivity index (χ1) is 16.6. The van der Waals surface area contributed by atoms with Crippen molar-refractivity contribution in [3.63, 3.8) is 0 Å². The van der Waals surface area contributed by atoms with E-state index in [1.54, 1.807) is 24.6 Å². The topological polar surface area (TPSA) is 116 Å². The zero-order valence-corrected chi connectivity index (χ0v) is 19.4. The van der Waals surface area contributed by atoms with Crippen LogP contribution in [0.1, 0.15) is 24.2 Å². The van der Waals surface area contributed by atoms with E-state index in [4.69, 9.17) is 4.42 Å². The summed E-state index contributed by atoms with van der Waals surface area (Å²) in [7, 11) is 0. The number of amides is 1. The van der Waals surface area contributed by atoms with Crippen LogP contribution in [0.5, 0.6) is 0 Å². The van der Waals surface area contributed by atoms with Crippen LogP contribution in [-0.4, -0.2) is 51.2 Å². The number of rotatable bonds is 7. The molecule has 10 heteroatoms. The van der Waals surface area contributed by atoms with Crippen molar-refractivity contribution in [3.8, 4) is 11.5 Å². The van der Waals surface area contributed by atoms with E-state index >= 15 is 0 Å². The average Bonchev–Trinajstić information content (AvgIpc) is 3.50. The maximum absolute atomic E-state index is 11.4. The molecule has 2 aliphatic rings. The van der Waals surface area contributed by atoms with Crippen molar-refractivity contribution in [2.24, 2.45) is 5.92 Å². The van der Waals surface area contributed by atoms with Gasteiger partial charge in [-0.3, -0.25) is 4.79 Å². The van der Waals surface area contributed by atoms with Crippen LogP contribution >= 0.6 is 11.8 Å². The molecule has 176 valence electrons. The Morgan fingerprint density at radius 3 is 2.85 bits per heavy atom. The number of carbonyl (C=O) groups excluding carboxylic acids is 1. The number of nitrogens with zero attached hydrogens (tertiary/aromatic N) is 4. The summed E-state index contributed by atoms with van der Waals surface area (Å²) in [5.41, 5.74) is 2.52. The van der Waals surface area contributed by atoms with E-state index in [-0.39, 0.29) is 5.24 Å². The lowest BCUT2D eigenvalue weighted by Gasteiger charge is -2.32. The molecule has 0 radical (unpaired) electrons. The van der Waals surface area contributed by atoms with Crippen molar-refractivity contribution in [2.75, 3.05) is 24.5 Å². The summed E-state index contributed by atoms with van der Waals surface area (Å²) >= 11 is 0.987. The van der Waals surface area contributed by atoms with E-state index in [0.717, 1.165) is 67.9 Å². The number of aliphatic hydroxyl groups excluding tert-OH is 1. The monoisotopic (exact) mass is 478 g/mol. The highest BCUT2D eigenvalue weighted by Crippen LogP contribution is 2.28. The SMILES string of the molecule is O=C1NC(O)C(=Cc2ccnc(N3CCC(CNCc4cccc(-c5ccco5)n4)CC3)n2)S1. The molecule has 0 aliphatic carbocycles. The Hall–Kier alpha value is -3.21. The van der Waals surface area contributed by atoms with Gasteiger partial charge in [0.15, 0.2) is 12.0 Å². The highest BCUT2D eigenvalue weighted by molar-refractivity contribution is 8.17. The predicted octanol–water partition coefficient (Wildman–Crippen LogP) is 3.25. The second kappa shape index (κ2) is 10.4. The van der Waals surface area contributed by atoms with Gasteiger partial charge in [0.2, 0.25) is 5.95 Å². The minimum absolute atomic E-state index is 0.260. The number of hydrogen-bond donors (Lipinski definition) is 3. The van der Waals surface area contributed by atoms with Gasteiger partial charge in [0, 0.05) is 30.7 Å². The number of anilines is 1. The summed E-state index contributed by atoms with van der Waals surface area (Å²) in [5, 5.41) is 15.6. The van der Waals surface area contributed by atoms with Crippen LogP contribution in [0.2, 0.25) is 0 Å². The summed E-state index contributed by atoms with van der Waals surface area (Å²) in [6.07, 6.45) is 6.23. The quantitative estimate of drug-likeness (QED) is 0.470. The summed E-state index contributed by atoms with van der Waals surface area (Å²) in [6.45, 7) is 3.42. The molecule has 0 saturated carbocycles. The maximum Gasteiger partial charge on any atom is 0.285 e. The first-order valence-electron chi connectivity index (χ1n) is 11.3. The van der Waals surface area contributed by atoms with Crippen molar-refractivity contribution < 1.29 is 14.3 Å². The molecule has 0 bridgehead atoms. The Kier molecular flexibility index (Phi) is 6.89. The smallest absolute Gasteiger partial charge is 0.285 e. The number of thioether (sulfide) groups is 1. The number of carbonyl (C=O) groups is 1. The van der Waals surface area contributed by atoms with Crippen molar-refractivity contribution in [1.82, 2.24) is 25.6 Å². The predicted molar refractivity (Wildman–Crippen MR) is 131 cm³/mol. The number of furan rings is 1. The third-order valence-corrected chi connectivity index (χ3v) is 6.79. The van der Waals surface area contributed by atoms with Gasteiger partial charge < -0.3 is 25.1 Å². The molecule has 2 saturated heterocycles. The molecule has 3 aromatic heterocycles. The van der Waals surface area contributed by atoms with Crippen molar-refractivity contribution in [3.05, 3.63) is 65.2 Å². The van der Waals surface area contributed by atoms with E-state index in [1.165, 1.54) is 0 Å². The van der Waals surface area contributed by atoms with Crippen LogP contribution in [0, 0.1) is 5.92 Å². The zero-order chi connectivity index (χ0) is 23.3.